The molecular formula is C16H28O2. The lowest BCUT2D eigenvalue weighted by Gasteiger charge is -2.36. The summed E-state index contributed by atoms with van der Waals surface area (Å²) in [5.74, 6) is 5.16. The number of aliphatic hydroxyl groups excluding tert-OH is 1. The number of rotatable bonds is 4. The zero-order valence-corrected chi connectivity index (χ0v) is 11.8. The van der Waals surface area contributed by atoms with Crippen LogP contribution in [-0.2, 0) is 0 Å². The predicted molar refractivity (Wildman–Crippen MR) is 71.7 cm³/mol. The molecule has 0 aromatic carbocycles. The first kappa shape index (κ1) is 12.9. The molecule has 0 heterocycles. The Morgan fingerprint density at radius 1 is 1.00 bits per heavy atom. The van der Waals surface area contributed by atoms with Crippen molar-refractivity contribution in [3.05, 3.63) is 0 Å². The van der Waals surface area contributed by atoms with E-state index in [4.69, 9.17) is 0 Å². The van der Waals surface area contributed by atoms with E-state index in [2.05, 4.69) is 13.8 Å². The normalized spacial score (nSPS) is 50.2. The summed E-state index contributed by atoms with van der Waals surface area (Å²) in [6, 6.07) is 0. The molecule has 0 aromatic heterocycles. The minimum Gasteiger partial charge on any atom is -0.368 e. The Bertz CT molecular complexity index is 301. The van der Waals surface area contributed by atoms with Gasteiger partial charge in [-0.3, -0.25) is 0 Å². The van der Waals surface area contributed by atoms with Crippen LogP contribution < -0.4 is 0 Å². The van der Waals surface area contributed by atoms with E-state index in [1.54, 1.807) is 0 Å². The number of hydrogen-bond donors (Lipinski definition) is 2. The van der Waals surface area contributed by atoms with Gasteiger partial charge in [0.25, 0.3) is 0 Å². The Kier molecular flexibility index (Phi) is 3.44. The van der Waals surface area contributed by atoms with E-state index in [1.165, 1.54) is 32.1 Å². The van der Waals surface area contributed by atoms with E-state index in [1.807, 2.05) is 0 Å². The molecule has 7 unspecified atom stereocenters. The van der Waals surface area contributed by atoms with E-state index >= 15 is 0 Å². The fourth-order valence-electron chi connectivity index (χ4n) is 6.03. The second-order valence-electron chi connectivity index (χ2n) is 7.08. The number of aliphatic hydroxyl groups is 2. The first-order valence-electron chi connectivity index (χ1n) is 8.03. The molecule has 104 valence electrons. The van der Waals surface area contributed by atoms with Crippen molar-refractivity contribution in [2.24, 2.45) is 41.4 Å². The van der Waals surface area contributed by atoms with E-state index in [0.717, 1.165) is 36.0 Å². The van der Waals surface area contributed by atoms with E-state index in [9.17, 15) is 10.2 Å². The SMILES string of the molecule is CCCC1CC(CC)C2C3CC(CC3C(O)O)C12. The van der Waals surface area contributed by atoms with Crippen molar-refractivity contribution in [2.75, 3.05) is 0 Å². The summed E-state index contributed by atoms with van der Waals surface area (Å²) in [6.07, 6.45) is 6.72. The fourth-order valence-corrected chi connectivity index (χ4v) is 6.03. The minimum atomic E-state index is -1.07. The average Bonchev–Trinajstić information content (AvgIpc) is 2.98. The van der Waals surface area contributed by atoms with Gasteiger partial charge in [0.1, 0.15) is 0 Å². The molecule has 2 heteroatoms. The second-order valence-corrected chi connectivity index (χ2v) is 7.08. The molecule has 3 aliphatic rings. The summed E-state index contributed by atoms with van der Waals surface area (Å²) in [6.45, 7) is 4.63. The summed E-state index contributed by atoms with van der Waals surface area (Å²) in [5, 5.41) is 19.2. The van der Waals surface area contributed by atoms with Crippen molar-refractivity contribution in [1.29, 1.82) is 0 Å². The van der Waals surface area contributed by atoms with Crippen molar-refractivity contribution in [3.8, 4) is 0 Å². The highest BCUT2D eigenvalue weighted by Gasteiger charge is 2.60. The zero-order valence-electron chi connectivity index (χ0n) is 11.8. The lowest BCUT2D eigenvalue weighted by atomic mass is 9.70. The van der Waals surface area contributed by atoms with Crippen LogP contribution in [0, 0.1) is 41.4 Å². The number of fused-ring (bicyclic) bond motifs is 5. The van der Waals surface area contributed by atoms with Crippen LogP contribution >= 0.6 is 0 Å². The molecule has 0 radical (unpaired) electrons. The summed E-state index contributed by atoms with van der Waals surface area (Å²) >= 11 is 0. The van der Waals surface area contributed by atoms with Crippen molar-refractivity contribution in [2.45, 2.75) is 58.7 Å². The van der Waals surface area contributed by atoms with E-state index in [-0.39, 0.29) is 5.92 Å². The van der Waals surface area contributed by atoms with Gasteiger partial charge in [0, 0.05) is 5.92 Å². The molecule has 3 fully saturated rings. The van der Waals surface area contributed by atoms with Gasteiger partial charge in [-0.2, -0.15) is 0 Å². The van der Waals surface area contributed by atoms with Crippen LogP contribution in [0.1, 0.15) is 52.4 Å². The average molecular weight is 252 g/mol. The van der Waals surface area contributed by atoms with Gasteiger partial charge in [-0.15, -0.1) is 0 Å². The standard InChI is InChI=1S/C16H28O2/c1-3-5-10-6-9(4-2)15-12-7-11(14(10)15)8-13(12)16(17)18/h9-18H,3-8H2,1-2H3. The monoisotopic (exact) mass is 252 g/mol. The van der Waals surface area contributed by atoms with E-state index in [0.29, 0.717) is 5.92 Å². The molecular weight excluding hydrogens is 224 g/mol. The summed E-state index contributed by atoms with van der Waals surface area (Å²) < 4.78 is 0. The van der Waals surface area contributed by atoms with Crippen molar-refractivity contribution >= 4 is 0 Å². The zero-order chi connectivity index (χ0) is 12.9. The van der Waals surface area contributed by atoms with Gasteiger partial charge in [0.05, 0.1) is 0 Å². The van der Waals surface area contributed by atoms with Crippen LogP contribution in [0.5, 0.6) is 0 Å². The van der Waals surface area contributed by atoms with Crippen LogP contribution in [0.2, 0.25) is 0 Å². The third-order valence-corrected chi connectivity index (χ3v) is 6.44. The summed E-state index contributed by atoms with van der Waals surface area (Å²) in [7, 11) is 0. The van der Waals surface area contributed by atoms with Crippen molar-refractivity contribution in [1.82, 2.24) is 0 Å². The van der Waals surface area contributed by atoms with Gasteiger partial charge in [-0.25, -0.2) is 0 Å². The molecule has 2 nitrogen and oxygen atoms in total. The van der Waals surface area contributed by atoms with Gasteiger partial charge in [0.2, 0.25) is 0 Å². The molecule has 7 atom stereocenters. The molecule has 3 saturated carbocycles. The molecule has 18 heavy (non-hydrogen) atoms. The molecule has 0 aromatic rings. The van der Waals surface area contributed by atoms with Gasteiger partial charge < -0.3 is 10.2 Å². The molecule has 3 aliphatic carbocycles. The third-order valence-electron chi connectivity index (χ3n) is 6.44. The maximum absolute atomic E-state index is 9.58. The van der Waals surface area contributed by atoms with Crippen LogP contribution in [0.4, 0.5) is 0 Å². The Morgan fingerprint density at radius 3 is 2.39 bits per heavy atom. The maximum atomic E-state index is 9.58. The quantitative estimate of drug-likeness (QED) is 0.755. The molecule has 0 saturated heterocycles. The van der Waals surface area contributed by atoms with Gasteiger partial charge in [0.15, 0.2) is 6.29 Å². The molecule has 3 rings (SSSR count). The van der Waals surface area contributed by atoms with Crippen LogP contribution in [-0.4, -0.2) is 16.5 Å². The molecule has 2 N–H and O–H groups in total. The van der Waals surface area contributed by atoms with Crippen LogP contribution in [0.3, 0.4) is 0 Å². The molecule has 0 amide bonds. The Balaban J connectivity index is 1.80. The Hall–Kier alpha value is -0.0800. The Morgan fingerprint density at radius 2 is 1.78 bits per heavy atom. The highest BCUT2D eigenvalue weighted by Crippen LogP contribution is 2.66. The minimum absolute atomic E-state index is 0.186. The van der Waals surface area contributed by atoms with Gasteiger partial charge in [-0.1, -0.05) is 33.1 Å². The first-order valence-corrected chi connectivity index (χ1v) is 8.03. The summed E-state index contributed by atoms with van der Waals surface area (Å²) in [5.41, 5.74) is 0. The molecule has 0 aliphatic heterocycles. The second kappa shape index (κ2) is 4.79. The highest BCUT2D eigenvalue weighted by molar-refractivity contribution is 5.08. The largest absolute Gasteiger partial charge is 0.368 e. The van der Waals surface area contributed by atoms with Crippen molar-refractivity contribution in [3.63, 3.8) is 0 Å². The summed E-state index contributed by atoms with van der Waals surface area (Å²) in [4.78, 5) is 0. The lowest BCUT2D eigenvalue weighted by Crippen LogP contribution is -2.35. The number of hydrogen-bond acceptors (Lipinski definition) is 2. The lowest BCUT2D eigenvalue weighted by molar-refractivity contribution is -0.111. The van der Waals surface area contributed by atoms with E-state index < -0.39 is 6.29 Å². The maximum Gasteiger partial charge on any atom is 0.154 e. The van der Waals surface area contributed by atoms with Gasteiger partial charge >= 0.3 is 0 Å². The fraction of sp³-hybridized carbons (Fsp3) is 1.00. The molecule has 2 bridgehead atoms. The van der Waals surface area contributed by atoms with Crippen molar-refractivity contribution < 1.29 is 10.2 Å². The third kappa shape index (κ3) is 1.76. The first-order chi connectivity index (χ1) is 8.67. The predicted octanol–water partition coefficient (Wildman–Crippen LogP) is 3.03. The molecule has 0 spiro atoms. The smallest absolute Gasteiger partial charge is 0.154 e. The Labute approximate surface area is 111 Å². The van der Waals surface area contributed by atoms with Crippen LogP contribution in [0.15, 0.2) is 0 Å². The van der Waals surface area contributed by atoms with Crippen LogP contribution in [0.25, 0.3) is 0 Å². The highest BCUT2D eigenvalue weighted by atomic mass is 16.5. The van der Waals surface area contributed by atoms with Gasteiger partial charge in [-0.05, 0) is 54.8 Å². The topological polar surface area (TPSA) is 40.5 Å².